The van der Waals surface area contributed by atoms with Crippen molar-refractivity contribution in [3.05, 3.63) is 88.8 Å². The van der Waals surface area contributed by atoms with E-state index in [1.165, 1.54) is 0 Å². The van der Waals surface area contributed by atoms with Crippen molar-refractivity contribution < 1.29 is 19.1 Å². The maximum atomic E-state index is 12.1. The van der Waals surface area contributed by atoms with E-state index in [1.807, 2.05) is 30.3 Å². The average molecular weight is 389 g/mol. The number of rotatable bonds is 6. The van der Waals surface area contributed by atoms with E-state index in [2.05, 4.69) is 5.32 Å². The molecule has 4 aromatic rings. The summed E-state index contributed by atoms with van der Waals surface area (Å²) in [6.07, 6.45) is -0.789. The lowest BCUT2D eigenvalue weighted by molar-refractivity contribution is -0.123. The van der Waals surface area contributed by atoms with E-state index in [0.29, 0.717) is 16.7 Å². The first-order chi connectivity index (χ1) is 14.1. The summed E-state index contributed by atoms with van der Waals surface area (Å²) in [6, 6.07) is 21.4. The Balaban J connectivity index is 1.41. The number of carbonyl (C=O) groups excluding carboxylic acids is 1. The van der Waals surface area contributed by atoms with Crippen LogP contribution in [0.25, 0.3) is 21.7 Å². The number of hydrogen-bond acceptors (Lipinski definition) is 5. The molecule has 0 fully saturated rings. The Bertz CT molecular complexity index is 1220. The molecule has 0 spiro atoms. The summed E-state index contributed by atoms with van der Waals surface area (Å²) in [5.41, 5.74) is 0.703. The first-order valence-corrected chi connectivity index (χ1v) is 9.20. The zero-order chi connectivity index (χ0) is 20.2. The lowest BCUT2D eigenvalue weighted by atomic mass is 10.1. The number of amides is 1. The summed E-state index contributed by atoms with van der Waals surface area (Å²) in [5, 5.41) is 14.8. The second kappa shape index (κ2) is 8.16. The number of nitrogens with one attached hydrogen (secondary N) is 1. The quantitative estimate of drug-likeness (QED) is 0.391. The molecule has 1 aromatic heterocycles. The van der Waals surface area contributed by atoms with Crippen LogP contribution in [0.1, 0.15) is 11.7 Å². The molecule has 0 aliphatic carbocycles. The van der Waals surface area contributed by atoms with E-state index in [0.717, 1.165) is 16.3 Å². The van der Waals surface area contributed by atoms with Crippen LogP contribution in [0.5, 0.6) is 5.75 Å². The molecule has 0 saturated carbocycles. The Morgan fingerprint density at radius 2 is 1.69 bits per heavy atom. The van der Waals surface area contributed by atoms with Gasteiger partial charge in [0.1, 0.15) is 11.3 Å². The number of hydrogen-bond donors (Lipinski definition) is 2. The summed E-state index contributed by atoms with van der Waals surface area (Å²) in [6.45, 7) is -0.129. The fraction of sp³-hybridized carbons (Fsp3) is 0.130. The van der Waals surface area contributed by atoms with E-state index in [4.69, 9.17) is 9.15 Å². The van der Waals surface area contributed by atoms with Gasteiger partial charge in [-0.3, -0.25) is 4.79 Å². The molecule has 6 nitrogen and oxygen atoms in total. The Morgan fingerprint density at radius 3 is 2.48 bits per heavy atom. The van der Waals surface area contributed by atoms with Crippen LogP contribution in [0.4, 0.5) is 0 Å². The molecule has 146 valence electrons. The van der Waals surface area contributed by atoms with Gasteiger partial charge in [0.05, 0.1) is 11.5 Å². The molecule has 1 amide bonds. The van der Waals surface area contributed by atoms with Gasteiger partial charge in [0.25, 0.3) is 5.91 Å². The summed E-state index contributed by atoms with van der Waals surface area (Å²) < 4.78 is 10.9. The van der Waals surface area contributed by atoms with E-state index in [9.17, 15) is 14.7 Å². The number of fused-ring (bicyclic) bond motifs is 3. The van der Waals surface area contributed by atoms with Crippen LogP contribution in [-0.2, 0) is 4.79 Å². The van der Waals surface area contributed by atoms with E-state index >= 15 is 0 Å². The lowest BCUT2D eigenvalue weighted by Crippen LogP contribution is -2.32. The molecule has 4 rings (SSSR count). The van der Waals surface area contributed by atoms with Crippen LogP contribution in [0.2, 0.25) is 0 Å². The summed E-state index contributed by atoms with van der Waals surface area (Å²) >= 11 is 0. The molecule has 0 unspecified atom stereocenters. The number of benzene rings is 3. The molecule has 29 heavy (non-hydrogen) atoms. The summed E-state index contributed by atoms with van der Waals surface area (Å²) in [7, 11) is 0. The Labute approximate surface area is 166 Å². The average Bonchev–Trinajstić information content (AvgIpc) is 2.76. The predicted molar refractivity (Wildman–Crippen MR) is 110 cm³/mol. The van der Waals surface area contributed by atoms with Gasteiger partial charge in [0.15, 0.2) is 6.61 Å². The zero-order valence-electron chi connectivity index (χ0n) is 15.5. The minimum absolute atomic E-state index is 0.0881. The summed E-state index contributed by atoms with van der Waals surface area (Å²) in [5.74, 6) is 0.0507. The highest BCUT2D eigenvalue weighted by molar-refractivity contribution is 6.04. The molecule has 6 heteroatoms. The fourth-order valence-corrected chi connectivity index (χ4v) is 3.15. The van der Waals surface area contributed by atoms with Gasteiger partial charge in [-0.2, -0.15) is 0 Å². The number of carbonyl (C=O) groups is 1. The van der Waals surface area contributed by atoms with Crippen LogP contribution in [-0.4, -0.2) is 24.2 Å². The van der Waals surface area contributed by atoms with Crippen LogP contribution in [0.15, 0.2) is 82.0 Å². The van der Waals surface area contributed by atoms with Crippen LogP contribution >= 0.6 is 0 Å². The van der Waals surface area contributed by atoms with Crippen molar-refractivity contribution in [2.75, 3.05) is 13.2 Å². The maximum absolute atomic E-state index is 12.1. The molecule has 3 aromatic carbocycles. The largest absolute Gasteiger partial charge is 0.484 e. The zero-order valence-corrected chi connectivity index (χ0v) is 15.5. The van der Waals surface area contributed by atoms with E-state index < -0.39 is 11.7 Å². The standard InChI is InChI=1S/C23H19NO5/c25-20(15-6-2-1-3-7-15)13-24-22(26)14-28-16-10-11-18-17-8-4-5-9-19(17)23(27)29-21(18)12-16/h1-12,20,25H,13-14H2,(H,24,26)/t20-/m1/s1. The second-order valence-electron chi connectivity index (χ2n) is 6.61. The SMILES string of the molecule is O=C(COc1ccc2c(c1)oc(=O)c1ccccc12)NC[C@@H](O)c1ccccc1. The van der Waals surface area contributed by atoms with Crippen molar-refractivity contribution in [2.45, 2.75) is 6.10 Å². The molecular weight excluding hydrogens is 370 g/mol. The normalized spacial score (nSPS) is 12.0. The van der Waals surface area contributed by atoms with Crippen molar-refractivity contribution in [1.29, 1.82) is 0 Å². The molecule has 0 aliphatic rings. The third-order valence-corrected chi connectivity index (χ3v) is 4.64. The molecule has 0 aliphatic heterocycles. The predicted octanol–water partition coefficient (Wildman–Crippen LogP) is 3.17. The highest BCUT2D eigenvalue weighted by Crippen LogP contribution is 2.26. The fourth-order valence-electron chi connectivity index (χ4n) is 3.15. The Hall–Kier alpha value is -3.64. The molecule has 0 bridgehead atoms. The van der Waals surface area contributed by atoms with Crippen LogP contribution in [0.3, 0.4) is 0 Å². The molecule has 2 N–H and O–H groups in total. The Kier molecular flexibility index (Phi) is 5.27. The molecule has 1 atom stereocenters. The van der Waals surface area contributed by atoms with E-state index in [-0.39, 0.29) is 19.1 Å². The molecule has 1 heterocycles. The monoisotopic (exact) mass is 389 g/mol. The van der Waals surface area contributed by atoms with Crippen molar-refractivity contribution in [1.82, 2.24) is 5.32 Å². The van der Waals surface area contributed by atoms with Gasteiger partial charge in [0, 0.05) is 18.0 Å². The van der Waals surface area contributed by atoms with Crippen molar-refractivity contribution in [3.63, 3.8) is 0 Å². The molecule has 0 saturated heterocycles. The highest BCUT2D eigenvalue weighted by atomic mass is 16.5. The van der Waals surface area contributed by atoms with E-state index in [1.54, 1.807) is 42.5 Å². The minimum atomic E-state index is -0.789. The number of aliphatic hydroxyl groups is 1. The van der Waals surface area contributed by atoms with Gasteiger partial charge < -0.3 is 19.6 Å². The number of aliphatic hydroxyl groups excluding tert-OH is 1. The van der Waals surface area contributed by atoms with Gasteiger partial charge in [-0.1, -0.05) is 48.5 Å². The first kappa shape index (κ1) is 18.7. The molecular formula is C23H19NO5. The van der Waals surface area contributed by atoms with Crippen molar-refractivity contribution in [2.24, 2.45) is 0 Å². The van der Waals surface area contributed by atoms with Crippen molar-refractivity contribution in [3.8, 4) is 5.75 Å². The van der Waals surface area contributed by atoms with Gasteiger partial charge in [-0.05, 0) is 29.1 Å². The summed E-state index contributed by atoms with van der Waals surface area (Å²) in [4.78, 5) is 24.2. The van der Waals surface area contributed by atoms with Crippen LogP contribution < -0.4 is 15.7 Å². The lowest BCUT2D eigenvalue weighted by Gasteiger charge is -2.13. The van der Waals surface area contributed by atoms with Gasteiger partial charge in [0.2, 0.25) is 0 Å². The molecule has 0 radical (unpaired) electrons. The number of ether oxygens (including phenoxy) is 1. The highest BCUT2D eigenvalue weighted by Gasteiger charge is 2.11. The van der Waals surface area contributed by atoms with Gasteiger partial charge in [-0.15, -0.1) is 0 Å². The van der Waals surface area contributed by atoms with Crippen molar-refractivity contribution >= 4 is 27.6 Å². The Morgan fingerprint density at radius 1 is 0.966 bits per heavy atom. The van der Waals surface area contributed by atoms with Crippen LogP contribution in [0, 0.1) is 0 Å². The van der Waals surface area contributed by atoms with Gasteiger partial charge in [-0.25, -0.2) is 4.79 Å². The van der Waals surface area contributed by atoms with Gasteiger partial charge >= 0.3 is 5.63 Å². The third kappa shape index (κ3) is 4.12. The maximum Gasteiger partial charge on any atom is 0.344 e. The smallest absolute Gasteiger partial charge is 0.344 e. The minimum Gasteiger partial charge on any atom is -0.484 e. The third-order valence-electron chi connectivity index (χ3n) is 4.64. The second-order valence-corrected chi connectivity index (χ2v) is 6.61. The first-order valence-electron chi connectivity index (χ1n) is 9.20. The topological polar surface area (TPSA) is 88.8 Å².